The number of nitrogens with one attached hydrogen (secondary N) is 2. The van der Waals surface area contributed by atoms with Gasteiger partial charge >= 0.3 is 0 Å². The summed E-state index contributed by atoms with van der Waals surface area (Å²) in [6.07, 6.45) is 0.283. The minimum absolute atomic E-state index is 0.0512. The largest absolute Gasteiger partial charge is 0.492 e. The zero-order valence-electron chi connectivity index (χ0n) is 13.9. The van der Waals surface area contributed by atoms with Crippen LogP contribution in [-0.4, -0.2) is 40.7 Å². The first-order valence-electron chi connectivity index (χ1n) is 7.42. The van der Waals surface area contributed by atoms with Gasteiger partial charge in [0, 0.05) is 19.6 Å². The fourth-order valence-corrected chi connectivity index (χ4v) is 3.16. The second-order valence-electron chi connectivity index (χ2n) is 4.97. The van der Waals surface area contributed by atoms with Gasteiger partial charge in [-0.2, -0.15) is 0 Å². The van der Waals surface area contributed by atoms with Crippen molar-refractivity contribution in [2.75, 3.05) is 25.6 Å². The molecule has 1 aromatic rings. The van der Waals surface area contributed by atoms with E-state index in [-0.39, 0.29) is 29.9 Å². The van der Waals surface area contributed by atoms with E-state index in [9.17, 15) is 13.2 Å². The summed E-state index contributed by atoms with van der Waals surface area (Å²) in [5.41, 5.74) is 0.334. The summed E-state index contributed by atoms with van der Waals surface area (Å²) >= 11 is 0. The monoisotopic (exact) mass is 344 g/mol. The number of carbonyl (C=O) groups excluding carboxylic acids is 1. The van der Waals surface area contributed by atoms with E-state index in [1.807, 2.05) is 6.92 Å². The number of amides is 1. The minimum Gasteiger partial charge on any atom is -0.492 e. The van der Waals surface area contributed by atoms with Crippen molar-refractivity contribution in [1.82, 2.24) is 4.72 Å². The van der Waals surface area contributed by atoms with Crippen LogP contribution in [0.2, 0.25) is 0 Å². The van der Waals surface area contributed by atoms with Crippen LogP contribution >= 0.6 is 0 Å². The molecular formula is C15H24N2O5S. The lowest BCUT2D eigenvalue weighted by Gasteiger charge is -2.16. The molecule has 0 spiro atoms. The van der Waals surface area contributed by atoms with E-state index in [0.29, 0.717) is 18.0 Å². The number of ether oxygens (including phenoxy) is 2. The molecule has 0 aliphatic heterocycles. The summed E-state index contributed by atoms with van der Waals surface area (Å²) in [5.74, 6) is 0.208. The topological polar surface area (TPSA) is 93.7 Å². The summed E-state index contributed by atoms with van der Waals surface area (Å²) < 4.78 is 37.6. The van der Waals surface area contributed by atoms with Crippen LogP contribution in [0.4, 0.5) is 5.69 Å². The van der Waals surface area contributed by atoms with Gasteiger partial charge in [-0.1, -0.05) is 6.92 Å². The standard InChI is InChI=1S/C15H24N2O5S/c1-5-15(18)16-13-9-12(7-8-14(13)22-6-2)23(19,20)17-11(3)10-21-4/h7-9,11,17H,5-6,10H2,1-4H3,(H,16,18)/t11-/m1/s1. The summed E-state index contributed by atoms with van der Waals surface area (Å²) in [6, 6.07) is 3.99. The van der Waals surface area contributed by atoms with Crippen molar-refractivity contribution in [2.24, 2.45) is 0 Å². The minimum atomic E-state index is -3.72. The van der Waals surface area contributed by atoms with Crippen LogP contribution in [0.5, 0.6) is 5.75 Å². The Kier molecular flexibility index (Phi) is 7.47. The molecule has 1 amide bonds. The Morgan fingerprint density at radius 2 is 2.00 bits per heavy atom. The summed E-state index contributed by atoms with van der Waals surface area (Å²) in [5, 5.41) is 2.66. The van der Waals surface area contributed by atoms with Crippen LogP contribution in [-0.2, 0) is 19.6 Å². The van der Waals surface area contributed by atoms with Gasteiger partial charge in [-0.15, -0.1) is 0 Å². The Morgan fingerprint density at radius 1 is 1.30 bits per heavy atom. The molecule has 7 nitrogen and oxygen atoms in total. The molecule has 0 heterocycles. The smallest absolute Gasteiger partial charge is 0.240 e. The summed E-state index contributed by atoms with van der Waals surface area (Å²) in [4.78, 5) is 11.7. The quantitative estimate of drug-likeness (QED) is 0.712. The average molecular weight is 344 g/mol. The van der Waals surface area contributed by atoms with Gasteiger partial charge in [0.1, 0.15) is 5.75 Å². The Labute approximate surface area is 137 Å². The van der Waals surface area contributed by atoms with Gasteiger partial charge in [-0.05, 0) is 32.0 Å². The molecule has 0 unspecified atom stereocenters. The van der Waals surface area contributed by atoms with Crippen LogP contribution in [0.25, 0.3) is 0 Å². The maximum atomic E-state index is 12.4. The fourth-order valence-electron chi connectivity index (χ4n) is 1.91. The Balaban J connectivity index is 3.12. The van der Waals surface area contributed by atoms with E-state index in [0.717, 1.165) is 0 Å². The second kappa shape index (κ2) is 8.85. The van der Waals surface area contributed by atoms with Gasteiger partial charge < -0.3 is 14.8 Å². The van der Waals surface area contributed by atoms with E-state index >= 15 is 0 Å². The predicted molar refractivity (Wildman–Crippen MR) is 88.2 cm³/mol. The third kappa shape index (κ3) is 5.81. The van der Waals surface area contributed by atoms with Crippen molar-refractivity contribution in [3.8, 4) is 5.75 Å². The van der Waals surface area contributed by atoms with Gasteiger partial charge in [0.05, 0.1) is 23.8 Å². The van der Waals surface area contributed by atoms with Gasteiger partial charge in [-0.25, -0.2) is 13.1 Å². The van der Waals surface area contributed by atoms with Crippen molar-refractivity contribution in [1.29, 1.82) is 0 Å². The first-order chi connectivity index (χ1) is 10.8. The zero-order valence-corrected chi connectivity index (χ0v) is 14.7. The van der Waals surface area contributed by atoms with E-state index in [1.54, 1.807) is 13.8 Å². The zero-order chi connectivity index (χ0) is 17.5. The van der Waals surface area contributed by atoms with E-state index in [2.05, 4.69) is 10.0 Å². The fraction of sp³-hybridized carbons (Fsp3) is 0.533. The number of hydrogen-bond donors (Lipinski definition) is 2. The third-order valence-electron chi connectivity index (χ3n) is 2.93. The summed E-state index contributed by atoms with van der Waals surface area (Å²) in [7, 11) is -2.22. The van der Waals surface area contributed by atoms with Crippen molar-refractivity contribution < 1.29 is 22.7 Å². The van der Waals surface area contributed by atoms with Crippen LogP contribution in [0.3, 0.4) is 0 Å². The number of anilines is 1. The van der Waals surface area contributed by atoms with Crippen molar-refractivity contribution in [3.05, 3.63) is 18.2 Å². The van der Waals surface area contributed by atoms with Gasteiger partial charge in [0.2, 0.25) is 15.9 Å². The van der Waals surface area contributed by atoms with Gasteiger partial charge in [0.25, 0.3) is 0 Å². The van der Waals surface area contributed by atoms with Crippen LogP contribution < -0.4 is 14.8 Å². The molecule has 1 rings (SSSR count). The van der Waals surface area contributed by atoms with Gasteiger partial charge in [0.15, 0.2) is 0 Å². The van der Waals surface area contributed by atoms with E-state index < -0.39 is 10.0 Å². The van der Waals surface area contributed by atoms with Crippen molar-refractivity contribution >= 4 is 21.6 Å². The molecule has 0 radical (unpaired) electrons. The molecule has 0 aliphatic carbocycles. The molecular weight excluding hydrogens is 320 g/mol. The summed E-state index contributed by atoms with van der Waals surface area (Å²) in [6.45, 7) is 5.89. The molecule has 1 atom stereocenters. The Bertz CT molecular complexity index is 631. The first-order valence-corrected chi connectivity index (χ1v) is 8.90. The maximum Gasteiger partial charge on any atom is 0.240 e. The number of methoxy groups -OCH3 is 1. The van der Waals surface area contributed by atoms with Crippen LogP contribution in [0.1, 0.15) is 27.2 Å². The van der Waals surface area contributed by atoms with E-state index in [1.165, 1.54) is 25.3 Å². The van der Waals surface area contributed by atoms with Crippen molar-refractivity contribution in [2.45, 2.75) is 38.1 Å². The molecule has 130 valence electrons. The highest BCUT2D eigenvalue weighted by molar-refractivity contribution is 7.89. The van der Waals surface area contributed by atoms with E-state index in [4.69, 9.17) is 9.47 Å². The first kappa shape index (κ1) is 19.4. The molecule has 1 aromatic carbocycles. The molecule has 0 saturated heterocycles. The molecule has 0 fully saturated rings. The molecule has 8 heteroatoms. The Morgan fingerprint density at radius 3 is 2.57 bits per heavy atom. The molecule has 23 heavy (non-hydrogen) atoms. The predicted octanol–water partition coefficient (Wildman–Crippen LogP) is 1.75. The molecule has 0 bridgehead atoms. The number of rotatable bonds is 9. The van der Waals surface area contributed by atoms with Gasteiger partial charge in [-0.3, -0.25) is 4.79 Å². The number of hydrogen-bond acceptors (Lipinski definition) is 5. The van der Waals surface area contributed by atoms with Crippen molar-refractivity contribution in [3.63, 3.8) is 0 Å². The maximum absolute atomic E-state index is 12.4. The third-order valence-corrected chi connectivity index (χ3v) is 4.52. The highest BCUT2D eigenvalue weighted by Gasteiger charge is 2.19. The Hall–Kier alpha value is -1.64. The number of sulfonamides is 1. The average Bonchev–Trinajstić information content (AvgIpc) is 2.48. The molecule has 2 N–H and O–H groups in total. The second-order valence-corrected chi connectivity index (χ2v) is 6.68. The highest BCUT2D eigenvalue weighted by atomic mass is 32.2. The lowest BCUT2D eigenvalue weighted by atomic mass is 10.3. The molecule has 0 aromatic heterocycles. The molecule has 0 saturated carbocycles. The van der Waals surface area contributed by atoms with Crippen LogP contribution in [0, 0.1) is 0 Å². The number of carbonyl (C=O) groups is 1. The SMILES string of the molecule is CCOc1ccc(S(=O)(=O)N[C@H](C)COC)cc1NC(=O)CC. The normalized spacial score (nSPS) is 12.7. The molecule has 0 aliphatic rings. The lowest BCUT2D eigenvalue weighted by molar-refractivity contribution is -0.115. The lowest BCUT2D eigenvalue weighted by Crippen LogP contribution is -2.35. The number of benzene rings is 1. The van der Waals surface area contributed by atoms with Crippen LogP contribution in [0.15, 0.2) is 23.1 Å². The highest BCUT2D eigenvalue weighted by Crippen LogP contribution is 2.28.